The van der Waals surface area contributed by atoms with Crippen LogP contribution in [0.5, 0.6) is 0 Å². The third kappa shape index (κ3) is 3.15. The zero-order valence-electron chi connectivity index (χ0n) is 11.9. The zero-order chi connectivity index (χ0) is 14.0. The Morgan fingerprint density at radius 2 is 2.26 bits per heavy atom. The Morgan fingerprint density at radius 3 is 2.74 bits per heavy atom. The van der Waals surface area contributed by atoms with Gasteiger partial charge in [0.15, 0.2) is 0 Å². The number of thiazole rings is 1. The van der Waals surface area contributed by atoms with Crippen molar-refractivity contribution in [3.63, 3.8) is 0 Å². The molecule has 1 aromatic heterocycles. The van der Waals surface area contributed by atoms with Gasteiger partial charge in [-0.3, -0.25) is 4.79 Å². The van der Waals surface area contributed by atoms with E-state index < -0.39 is 0 Å². The quantitative estimate of drug-likeness (QED) is 0.872. The highest BCUT2D eigenvalue weighted by molar-refractivity contribution is 7.09. The third-order valence-electron chi connectivity index (χ3n) is 4.03. The van der Waals surface area contributed by atoms with Crippen LogP contribution < -0.4 is 5.73 Å². The van der Waals surface area contributed by atoms with Gasteiger partial charge in [-0.1, -0.05) is 20.3 Å². The largest absolute Gasteiger partial charge is 0.331 e. The summed E-state index contributed by atoms with van der Waals surface area (Å²) >= 11 is 1.47. The number of rotatable bonds is 6. The normalized spacial score (nSPS) is 18.1. The molecular weight excluding hydrogens is 258 g/mol. The lowest BCUT2D eigenvalue weighted by atomic mass is 9.99. The maximum absolute atomic E-state index is 12.6. The lowest BCUT2D eigenvalue weighted by Gasteiger charge is -2.32. The Morgan fingerprint density at radius 1 is 1.58 bits per heavy atom. The van der Waals surface area contributed by atoms with Gasteiger partial charge in [-0.25, -0.2) is 4.98 Å². The number of hydrogen-bond donors (Lipinski definition) is 1. The van der Waals surface area contributed by atoms with Crippen LogP contribution in [-0.2, 0) is 6.54 Å². The van der Waals surface area contributed by atoms with E-state index in [1.807, 2.05) is 10.3 Å². The monoisotopic (exact) mass is 281 g/mol. The molecular formula is C14H23N3OS. The molecule has 1 heterocycles. The average molecular weight is 281 g/mol. The number of amides is 1. The molecule has 2 atom stereocenters. The third-order valence-corrected chi connectivity index (χ3v) is 4.90. The first-order valence-electron chi connectivity index (χ1n) is 7.05. The molecule has 0 aliphatic heterocycles. The van der Waals surface area contributed by atoms with Crippen LogP contribution in [0.2, 0.25) is 0 Å². The van der Waals surface area contributed by atoms with Crippen molar-refractivity contribution in [1.82, 2.24) is 9.88 Å². The Balaban J connectivity index is 2.16. The van der Waals surface area contributed by atoms with E-state index in [4.69, 9.17) is 5.73 Å². The molecule has 1 fully saturated rings. The van der Waals surface area contributed by atoms with Crippen molar-refractivity contribution in [2.45, 2.75) is 58.7 Å². The van der Waals surface area contributed by atoms with Crippen LogP contribution in [0.1, 0.15) is 55.5 Å². The van der Waals surface area contributed by atoms with E-state index in [1.165, 1.54) is 11.3 Å². The van der Waals surface area contributed by atoms with E-state index in [0.29, 0.717) is 24.2 Å². The predicted octanol–water partition coefficient (Wildman–Crippen LogP) is 2.64. The second-order valence-corrected chi connectivity index (χ2v) is 6.34. The maximum Gasteiger partial charge on any atom is 0.273 e. The summed E-state index contributed by atoms with van der Waals surface area (Å²) in [7, 11) is 0. The van der Waals surface area contributed by atoms with E-state index in [9.17, 15) is 4.79 Å². The molecule has 1 amide bonds. The van der Waals surface area contributed by atoms with Gasteiger partial charge in [-0.15, -0.1) is 11.3 Å². The van der Waals surface area contributed by atoms with Crippen molar-refractivity contribution in [3.05, 3.63) is 16.1 Å². The van der Waals surface area contributed by atoms with Crippen molar-refractivity contribution in [2.24, 2.45) is 11.7 Å². The van der Waals surface area contributed by atoms with Gasteiger partial charge in [0.05, 0.1) is 0 Å². The molecule has 1 saturated carbocycles. The summed E-state index contributed by atoms with van der Waals surface area (Å²) in [5, 5.41) is 2.67. The molecule has 1 aromatic rings. The van der Waals surface area contributed by atoms with Gasteiger partial charge in [0.2, 0.25) is 0 Å². The molecule has 0 spiro atoms. The molecule has 106 valence electrons. The highest BCUT2D eigenvalue weighted by Gasteiger charge is 2.38. The van der Waals surface area contributed by atoms with Crippen LogP contribution in [0.25, 0.3) is 0 Å². The summed E-state index contributed by atoms with van der Waals surface area (Å²) in [6.07, 6.45) is 3.34. The van der Waals surface area contributed by atoms with Crippen LogP contribution in [0, 0.1) is 5.92 Å². The minimum Gasteiger partial charge on any atom is -0.331 e. The van der Waals surface area contributed by atoms with Gasteiger partial charge < -0.3 is 10.6 Å². The van der Waals surface area contributed by atoms with Gasteiger partial charge >= 0.3 is 0 Å². The highest BCUT2D eigenvalue weighted by Crippen LogP contribution is 2.32. The Labute approximate surface area is 119 Å². The molecule has 2 N–H and O–H groups in total. The van der Waals surface area contributed by atoms with Crippen molar-refractivity contribution in [2.75, 3.05) is 0 Å². The standard InChI is InChI=1S/C14H23N3OS/c1-4-9(2)10(3)17(11-5-6-11)14(18)12-8-19-13(7-15)16-12/h8-11H,4-7,15H2,1-3H3. The predicted molar refractivity (Wildman–Crippen MR) is 78.1 cm³/mol. The highest BCUT2D eigenvalue weighted by atomic mass is 32.1. The van der Waals surface area contributed by atoms with Gasteiger partial charge in [-0.2, -0.15) is 0 Å². The maximum atomic E-state index is 12.6. The van der Waals surface area contributed by atoms with E-state index in [1.54, 1.807) is 0 Å². The summed E-state index contributed by atoms with van der Waals surface area (Å²) in [4.78, 5) is 19.0. The molecule has 0 aromatic carbocycles. The Kier molecular flexibility index (Phi) is 4.58. The summed E-state index contributed by atoms with van der Waals surface area (Å²) in [6.45, 7) is 6.94. The molecule has 1 aliphatic rings. The van der Waals surface area contributed by atoms with Gasteiger partial charge in [-0.05, 0) is 25.7 Å². The first-order chi connectivity index (χ1) is 9.08. The minimum absolute atomic E-state index is 0.0752. The van der Waals surface area contributed by atoms with E-state index >= 15 is 0 Å². The average Bonchev–Trinajstić information content (AvgIpc) is 3.13. The topological polar surface area (TPSA) is 59.2 Å². The van der Waals surface area contributed by atoms with Crippen LogP contribution in [-0.4, -0.2) is 27.9 Å². The fourth-order valence-corrected chi connectivity index (χ4v) is 2.93. The van der Waals surface area contributed by atoms with Crippen LogP contribution >= 0.6 is 11.3 Å². The lowest BCUT2D eigenvalue weighted by Crippen LogP contribution is -2.43. The number of nitrogens with zero attached hydrogens (tertiary/aromatic N) is 2. The molecule has 4 nitrogen and oxygen atoms in total. The van der Waals surface area contributed by atoms with Crippen molar-refractivity contribution in [1.29, 1.82) is 0 Å². The van der Waals surface area contributed by atoms with Crippen molar-refractivity contribution < 1.29 is 4.79 Å². The molecule has 2 unspecified atom stereocenters. The molecule has 0 bridgehead atoms. The molecule has 0 radical (unpaired) electrons. The summed E-state index contributed by atoms with van der Waals surface area (Å²) in [5.41, 5.74) is 6.13. The number of nitrogens with two attached hydrogens (primary N) is 1. The fraction of sp³-hybridized carbons (Fsp3) is 0.714. The fourth-order valence-electron chi connectivity index (χ4n) is 2.29. The first kappa shape index (κ1) is 14.5. The smallest absolute Gasteiger partial charge is 0.273 e. The van der Waals surface area contributed by atoms with Gasteiger partial charge in [0.25, 0.3) is 5.91 Å². The lowest BCUT2D eigenvalue weighted by molar-refractivity contribution is 0.0610. The zero-order valence-corrected chi connectivity index (χ0v) is 12.7. The Hall–Kier alpha value is -0.940. The molecule has 1 aliphatic carbocycles. The van der Waals surface area contributed by atoms with E-state index in [2.05, 4.69) is 25.8 Å². The first-order valence-corrected chi connectivity index (χ1v) is 7.93. The number of carbonyl (C=O) groups is 1. The van der Waals surface area contributed by atoms with Crippen molar-refractivity contribution >= 4 is 17.2 Å². The van der Waals surface area contributed by atoms with Gasteiger partial charge in [0.1, 0.15) is 10.7 Å². The summed E-state index contributed by atoms with van der Waals surface area (Å²) in [6, 6.07) is 0.688. The minimum atomic E-state index is 0.0752. The van der Waals surface area contributed by atoms with Crippen molar-refractivity contribution in [3.8, 4) is 0 Å². The summed E-state index contributed by atoms with van der Waals surface area (Å²) in [5.74, 6) is 0.586. The molecule has 19 heavy (non-hydrogen) atoms. The number of aromatic nitrogens is 1. The number of hydrogen-bond acceptors (Lipinski definition) is 4. The molecule has 5 heteroatoms. The van der Waals surface area contributed by atoms with Gasteiger partial charge in [0, 0.05) is 24.0 Å². The SMILES string of the molecule is CCC(C)C(C)N(C(=O)c1csc(CN)n1)C1CC1. The second-order valence-electron chi connectivity index (χ2n) is 5.40. The molecule has 0 saturated heterocycles. The molecule has 2 rings (SSSR count). The number of carbonyl (C=O) groups excluding carboxylic acids is 1. The van der Waals surface area contributed by atoms with E-state index in [0.717, 1.165) is 24.3 Å². The summed E-state index contributed by atoms with van der Waals surface area (Å²) < 4.78 is 0. The van der Waals surface area contributed by atoms with Crippen LogP contribution in [0.3, 0.4) is 0 Å². The van der Waals surface area contributed by atoms with E-state index in [-0.39, 0.29) is 11.9 Å². The second kappa shape index (κ2) is 6.01. The Bertz CT molecular complexity index is 442. The van der Waals surface area contributed by atoms with Crippen LogP contribution in [0.4, 0.5) is 0 Å². The van der Waals surface area contributed by atoms with Crippen LogP contribution in [0.15, 0.2) is 5.38 Å².